The zero-order valence-corrected chi connectivity index (χ0v) is 19.6. The normalized spacial score (nSPS) is 16.2. The van der Waals surface area contributed by atoms with Crippen molar-refractivity contribution in [3.63, 3.8) is 0 Å². The number of carbonyl (C=O) groups excluding carboxylic acids is 1. The van der Waals surface area contributed by atoms with E-state index in [1.165, 1.54) is 24.3 Å². The molecule has 1 amide bonds. The van der Waals surface area contributed by atoms with Gasteiger partial charge in [-0.15, -0.1) is 13.2 Å². The fourth-order valence-electron chi connectivity index (χ4n) is 3.70. The van der Waals surface area contributed by atoms with Crippen molar-refractivity contribution in [2.24, 2.45) is 10.9 Å². The molecule has 3 rings (SSSR count). The first-order valence-corrected chi connectivity index (χ1v) is 11.3. The zero-order valence-electron chi connectivity index (χ0n) is 19.6. The molecule has 0 aliphatic carbocycles. The number of benzene rings is 2. The largest absolute Gasteiger partial charge is 0.573 e. The Morgan fingerprint density at radius 2 is 1.89 bits per heavy atom. The highest BCUT2D eigenvalue weighted by Gasteiger charge is 2.31. The van der Waals surface area contributed by atoms with Gasteiger partial charge in [0, 0.05) is 32.2 Å². The van der Waals surface area contributed by atoms with Gasteiger partial charge in [0.05, 0.1) is 5.57 Å². The van der Waals surface area contributed by atoms with Crippen molar-refractivity contribution in [3.8, 4) is 11.5 Å². The van der Waals surface area contributed by atoms with Crippen molar-refractivity contribution in [3.05, 3.63) is 71.3 Å². The van der Waals surface area contributed by atoms with Gasteiger partial charge in [0.1, 0.15) is 23.1 Å². The fourth-order valence-corrected chi connectivity index (χ4v) is 3.70. The number of aliphatic hydroxyl groups excluding tert-OH is 1. The molecule has 0 saturated carbocycles. The van der Waals surface area contributed by atoms with Crippen LogP contribution >= 0.6 is 0 Å². The quantitative estimate of drug-likeness (QED) is 0.350. The maximum absolute atomic E-state index is 13.4. The molecule has 3 N–H and O–H groups in total. The number of hydrogen-bond acceptors (Lipinski definition) is 6. The minimum Gasteiger partial charge on any atom is -0.442 e. The number of aliphatic hydroxyl groups is 1. The van der Waals surface area contributed by atoms with Gasteiger partial charge >= 0.3 is 6.36 Å². The lowest BCUT2D eigenvalue weighted by atomic mass is 9.93. The van der Waals surface area contributed by atoms with E-state index in [1.54, 1.807) is 19.2 Å². The highest BCUT2D eigenvalue weighted by Crippen LogP contribution is 2.30. The molecule has 1 aliphatic heterocycles. The number of ether oxygens (including phenoxy) is 2. The van der Waals surface area contributed by atoms with Crippen LogP contribution in [0, 0.1) is 11.7 Å². The minimum atomic E-state index is -4.86. The molecule has 2 aromatic carbocycles. The SMILES string of the molecule is CNC1=C(C(=O)NCCCO)CCC(Cc2ccc(F)cc2)C(Oc2cccc(OC(F)(F)F)c2)=N1. The Balaban J connectivity index is 1.92. The lowest BCUT2D eigenvalue weighted by molar-refractivity contribution is -0.274. The molecule has 1 heterocycles. The average molecular weight is 510 g/mol. The lowest BCUT2D eigenvalue weighted by Gasteiger charge is -2.19. The van der Waals surface area contributed by atoms with E-state index in [-0.39, 0.29) is 48.3 Å². The van der Waals surface area contributed by atoms with E-state index in [1.807, 2.05) is 0 Å². The Labute approximate surface area is 205 Å². The van der Waals surface area contributed by atoms with Crippen LogP contribution in [0.25, 0.3) is 0 Å². The van der Waals surface area contributed by atoms with Crippen molar-refractivity contribution in [2.75, 3.05) is 20.2 Å². The number of nitrogens with zero attached hydrogens (tertiary/aromatic N) is 1. The summed E-state index contributed by atoms with van der Waals surface area (Å²) in [6.07, 6.45) is -3.29. The number of nitrogens with one attached hydrogen (secondary N) is 2. The smallest absolute Gasteiger partial charge is 0.442 e. The van der Waals surface area contributed by atoms with Crippen molar-refractivity contribution >= 4 is 11.8 Å². The predicted molar refractivity (Wildman–Crippen MR) is 125 cm³/mol. The number of carbonyl (C=O) groups is 1. The molecule has 0 saturated heterocycles. The van der Waals surface area contributed by atoms with Crippen LogP contribution in [-0.4, -0.2) is 43.5 Å². The Bertz CT molecular complexity index is 1100. The van der Waals surface area contributed by atoms with Crippen LogP contribution in [0.5, 0.6) is 11.5 Å². The van der Waals surface area contributed by atoms with E-state index in [4.69, 9.17) is 9.84 Å². The second kappa shape index (κ2) is 12.4. The second-order valence-electron chi connectivity index (χ2n) is 8.05. The van der Waals surface area contributed by atoms with Gasteiger partial charge < -0.3 is 25.2 Å². The number of aliphatic imine (C=N–C) groups is 1. The Morgan fingerprint density at radius 3 is 2.56 bits per heavy atom. The van der Waals surface area contributed by atoms with E-state index in [2.05, 4.69) is 20.4 Å². The third-order valence-electron chi connectivity index (χ3n) is 5.39. The molecule has 0 spiro atoms. The summed E-state index contributed by atoms with van der Waals surface area (Å²) in [5.41, 5.74) is 1.18. The van der Waals surface area contributed by atoms with E-state index in [9.17, 15) is 22.4 Å². The van der Waals surface area contributed by atoms with Gasteiger partial charge in [-0.05, 0) is 55.5 Å². The summed E-state index contributed by atoms with van der Waals surface area (Å²) in [6.45, 7) is 0.221. The second-order valence-corrected chi connectivity index (χ2v) is 8.05. The Hall–Kier alpha value is -3.60. The molecule has 0 radical (unpaired) electrons. The van der Waals surface area contributed by atoms with Crippen molar-refractivity contribution in [1.29, 1.82) is 0 Å². The van der Waals surface area contributed by atoms with Gasteiger partial charge in [0.15, 0.2) is 5.90 Å². The van der Waals surface area contributed by atoms with Gasteiger partial charge in [-0.25, -0.2) is 4.39 Å². The number of hydrogen-bond donors (Lipinski definition) is 3. The Kier molecular flexibility index (Phi) is 9.29. The zero-order chi connectivity index (χ0) is 26.1. The summed E-state index contributed by atoms with van der Waals surface area (Å²) >= 11 is 0. The molecule has 36 heavy (non-hydrogen) atoms. The summed E-state index contributed by atoms with van der Waals surface area (Å²) in [7, 11) is 1.59. The molecule has 1 unspecified atom stereocenters. The molecule has 1 atom stereocenters. The molecular formula is C25H27F4N3O4. The van der Waals surface area contributed by atoms with Crippen molar-refractivity contribution < 1.29 is 36.9 Å². The molecule has 1 aliphatic rings. The van der Waals surface area contributed by atoms with Gasteiger partial charge in [0.2, 0.25) is 0 Å². The topological polar surface area (TPSA) is 92.2 Å². The molecule has 11 heteroatoms. The van der Waals surface area contributed by atoms with E-state index in [0.29, 0.717) is 31.3 Å². The molecule has 0 bridgehead atoms. The minimum absolute atomic E-state index is 0.0643. The summed E-state index contributed by atoms with van der Waals surface area (Å²) < 4.78 is 61.3. The number of amides is 1. The van der Waals surface area contributed by atoms with Crippen LogP contribution in [0.3, 0.4) is 0 Å². The highest BCUT2D eigenvalue weighted by molar-refractivity contribution is 5.95. The first kappa shape index (κ1) is 27.0. The van der Waals surface area contributed by atoms with Gasteiger partial charge in [0.25, 0.3) is 5.91 Å². The standard InChI is InChI=1S/C25H27F4N3O4/c1-30-22-21(23(34)31-12-3-13-33)11-8-17(14-16-6-9-18(26)10-7-16)24(32-22)35-19-4-2-5-20(15-19)36-25(27,28)29/h2,4-7,9-10,15,17,30,33H,3,8,11-14H2,1H3,(H,31,34). The van der Waals surface area contributed by atoms with Crippen molar-refractivity contribution in [1.82, 2.24) is 10.6 Å². The maximum atomic E-state index is 13.4. The summed E-state index contributed by atoms with van der Waals surface area (Å²) in [5, 5.41) is 14.6. The third kappa shape index (κ3) is 7.98. The average Bonchev–Trinajstić information content (AvgIpc) is 2.99. The van der Waals surface area contributed by atoms with Crippen molar-refractivity contribution in [2.45, 2.75) is 32.0 Å². The molecule has 194 valence electrons. The summed E-state index contributed by atoms with van der Waals surface area (Å²) in [6, 6.07) is 11.0. The van der Waals surface area contributed by atoms with Crippen LogP contribution in [0.4, 0.5) is 17.6 Å². The summed E-state index contributed by atoms with van der Waals surface area (Å²) in [5.74, 6) is -1.02. The summed E-state index contributed by atoms with van der Waals surface area (Å²) in [4.78, 5) is 17.3. The van der Waals surface area contributed by atoms with Gasteiger partial charge in [-0.3, -0.25) is 4.79 Å². The highest BCUT2D eigenvalue weighted by atomic mass is 19.4. The lowest BCUT2D eigenvalue weighted by Crippen LogP contribution is -2.28. The molecule has 7 nitrogen and oxygen atoms in total. The molecule has 0 fully saturated rings. The van der Waals surface area contributed by atoms with Crippen LogP contribution < -0.4 is 20.1 Å². The molecular weight excluding hydrogens is 482 g/mol. The first-order chi connectivity index (χ1) is 17.2. The fraction of sp³-hybridized carbons (Fsp3) is 0.360. The van der Waals surface area contributed by atoms with E-state index >= 15 is 0 Å². The number of rotatable bonds is 9. The van der Waals surface area contributed by atoms with Gasteiger partial charge in [-0.1, -0.05) is 18.2 Å². The Morgan fingerprint density at radius 1 is 1.17 bits per heavy atom. The third-order valence-corrected chi connectivity index (χ3v) is 5.39. The monoisotopic (exact) mass is 509 g/mol. The van der Waals surface area contributed by atoms with E-state index in [0.717, 1.165) is 17.7 Å². The first-order valence-electron chi connectivity index (χ1n) is 11.3. The van der Waals surface area contributed by atoms with Crippen LogP contribution in [-0.2, 0) is 11.2 Å². The predicted octanol–water partition coefficient (Wildman–Crippen LogP) is 4.08. The van der Waals surface area contributed by atoms with Gasteiger partial charge in [-0.2, -0.15) is 4.99 Å². The maximum Gasteiger partial charge on any atom is 0.573 e. The van der Waals surface area contributed by atoms with Crippen LogP contribution in [0.15, 0.2) is 64.9 Å². The molecule has 2 aromatic rings. The van der Waals surface area contributed by atoms with Crippen LogP contribution in [0.2, 0.25) is 0 Å². The van der Waals surface area contributed by atoms with Crippen LogP contribution in [0.1, 0.15) is 24.8 Å². The van der Waals surface area contributed by atoms with E-state index < -0.39 is 12.1 Å². The number of halogens is 4. The molecule has 0 aromatic heterocycles. The number of alkyl halides is 3.